The number of amides is 1. The van der Waals surface area contributed by atoms with Crippen molar-refractivity contribution in [2.24, 2.45) is 5.41 Å². The molecule has 0 spiro atoms. The zero-order valence-corrected chi connectivity index (χ0v) is 12.3. The lowest BCUT2D eigenvalue weighted by atomic mass is 9.73. The summed E-state index contributed by atoms with van der Waals surface area (Å²) in [6.07, 6.45) is 4.62. The monoisotopic (exact) mass is 283 g/mol. The largest absolute Gasteiger partial charge is 0.384 e. The molecule has 1 aromatic rings. The predicted octanol–water partition coefficient (Wildman–Crippen LogP) is 2.78. The van der Waals surface area contributed by atoms with Gasteiger partial charge in [-0.3, -0.25) is 4.79 Å². The summed E-state index contributed by atoms with van der Waals surface area (Å²) in [6.45, 7) is 4.42. The van der Waals surface area contributed by atoms with E-state index in [0.717, 1.165) is 12.8 Å². The van der Waals surface area contributed by atoms with E-state index in [4.69, 9.17) is 5.73 Å². The Labute approximate surface area is 120 Å². The Morgan fingerprint density at radius 1 is 1.42 bits per heavy atom. The molecular formula is C14H22ClN3O. The lowest BCUT2D eigenvalue weighted by Gasteiger charge is -2.38. The molecule has 19 heavy (non-hydrogen) atoms. The molecule has 0 radical (unpaired) electrons. The van der Waals surface area contributed by atoms with Crippen molar-refractivity contribution in [2.45, 2.75) is 45.6 Å². The second-order valence-electron chi connectivity index (χ2n) is 5.71. The quantitative estimate of drug-likeness (QED) is 0.877. The fourth-order valence-corrected chi connectivity index (χ4v) is 2.57. The smallest absolute Gasteiger partial charge is 0.270 e. The SMILES string of the molecule is CC1(C)CCCCC1NC(=O)c1cccc(N)n1.Cl. The standard InChI is InChI=1S/C14H21N3O.ClH/c1-14(2)9-4-3-7-11(14)17-13(18)10-6-5-8-12(15)16-10;/h5-6,8,11H,3-4,7,9H2,1-2H3,(H2,15,16)(H,17,18);1H. The molecule has 1 aliphatic rings. The molecule has 1 atom stereocenters. The molecule has 0 bridgehead atoms. The Morgan fingerprint density at radius 3 is 2.79 bits per heavy atom. The number of nitrogens with zero attached hydrogens (tertiary/aromatic N) is 1. The summed E-state index contributed by atoms with van der Waals surface area (Å²) >= 11 is 0. The number of hydrogen-bond donors (Lipinski definition) is 2. The number of nitrogen functional groups attached to an aromatic ring is 1. The van der Waals surface area contributed by atoms with Crippen molar-refractivity contribution in [3.8, 4) is 0 Å². The van der Waals surface area contributed by atoms with Crippen molar-refractivity contribution in [1.82, 2.24) is 10.3 Å². The van der Waals surface area contributed by atoms with Crippen LogP contribution in [0.15, 0.2) is 18.2 Å². The van der Waals surface area contributed by atoms with Gasteiger partial charge < -0.3 is 11.1 Å². The number of hydrogen-bond acceptors (Lipinski definition) is 3. The highest BCUT2D eigenvalue weighted by Gasteiger charge is 2.33. The summed E-state index contributed by atoms with van der Waals surface area (Å²) in [7, 11) is 0. The number of anilines is 1. The summed E-state index contributed by atoms with van der Waals surface area (Å²) in [5.41, 5.74) is 6.15. The Kier molecular flexibility index (Phi) is 5.18. The van der Waals surface area contributed by atoms with E-state index in [1.165, 1.54) is 12.8 Å². The van der Waals surface area contributed by atoms with Crippen LogP contribution < -0.4 is 11.1 Å². The van der Waals surface area contributed by atoms with Gasteiger partial charge in [0.25, 0.3) is 5.91 Å². The number of halogens is 1. The molecule has 5 heteroatoms. The predicted molar refractivity (Wildman–Crippen MR) is 79.4 cm³/mol. The van der Waals surface area contributed by atoms with Crippen LogP contribution in [0.5, 0.6) is 0 Å². The van der Waals surface area contributed by atoms with E-state index in [2.05, 4.69) is 24.1 Å². The van der Waals surface area contributed by atoms with Crippen molar-refractivity contribution in [2.75, 3.05) is 5.73 Å². The van der Waals surface area contributed by atoms with Crippen molar-refractivity contribution in [1.29, 1.82) is 0 Å². The Morgan fingerprint density at radius 2 is 2.16 bits per heavy atom. The van der Waals surface area contributed by atoms with Gasteiger partial charge in [-0.05, 0) is 30.4 Å². The molecule has 1 unspecified atom stereocenters. The van der Waals surface area contributed by atoms with Gasteiger partial charge in [0.15, 0.2) is 0 Å². The van der Waals surface area contributed by atoms with Gasteiger partial charge in [0, 0.05) is 6.04 Å². The van der Waals surface area contributed by atoms with E-state index in [1.807, 2.05) is 0 Å². The van der Waals surface area contributed by atoms with E-state index >= 15 is 0 Å². The Balaban J connectivity index is 0.00000180. The molecular weight excluding hydrogens is 262 g/mol. The molecule has 4 nitrogen and oxygen atoms in total. The van der Waals surface area contributed by atoms with E-state index in [-0.39, 0.29) is 29.8 Å². The van der Waals surface area contributed by atoms with Crippen LogP contribution in [-0.4, -0.2) is 16.9 Å². The van der Waals surface area contributed by atoms with Crippen molar-refractivity contribution >= 4 is 24.1 Å². The molecule has 1 fully saturated rings. The second-order valence-corrected chi connectivity index (χ2v) is 5.71. The average Bonchev–Trinajstić information content (AvgIpc) is 2.31. The Hall–Kier alpha value is -1.29. The van der Waals surface area contributed by atoms with Gasteiger partial charge in [-0.2, -0.15) is 0 Å². The van der Waals surface area contributed by atoms with Gasteiger partial charge in [0.05, 0.1) is 0 Å². The number of nitrogens with one attached hydrogen (secondary N) is 1. The molecule has 2 rings (SSSR count). The molecule has 1 amide bonds. The first-order valence-electron chi connectivity index (χ1n) is 6.52. The first kappa shape index (κ1) is 15.8. The lowest BCUT2D eigenvalue weighted by Crippen LogP contribution is -2.47. The van der Waals surface area contributed by atoms with Crippen molar-refractivity contribution in [3.63, 3.8) is 0 Å². The first-order chi connectivity index (χ1) is 8.49. The second kappa shape index (κ2) is 6.24. The maximum absolute atomic E-state index is 12.1. The number of aromatic nitrogens is 1. The Bertz CT molecular complexity index is 448. The van der Waals surface area contributed by atoms with Gasteiger partial charge in [0.2, 0.25) is 0 Å². The molecule has 0 aliphatic heterocycles. The minimum Gasteiger partial charge on any atom is -0.384 e. The zero-order valence-electron chi connectivity index (χ0n) is 11.5. The van der Waals surface area contributed by atoms with Crippen molar-refractivity contribution < 1.29 is 4.79 Å². The first-order valence-corrected chi connectivity index (χ1v) is 6.52. The molecule has 1 saturated carbocycles. The van der Waals surface area contributed by atoms with Crippen LogP contribution in [0, 0.1) is 5.41 Å². The van der Waals surface area contributed by atoms with Crippen molar-refractivity contribution in [3.05, 3.63) is 23.9 Å². The fraction of sp³-hybridized carbons (Fsp3) is 0.571. The van der Waals surface area contributed by atoms with Gasteiger partial charge in [-0.25, -0.2) is 4.98 Å². The number of rotatable bonds is 2. The highest BCUT2D eigenvalue weighted by molar-refractivity contribution is 5.92. The van der Waals surface area contributed by atoms with E-state index in [9.17, 15) is 4.79 Å². The molecule has 0 saturated heterocycles. The van der Waals surface area contributed by atoms with Gasteiger partial charge >= 0.3 is 0 Å². The third kappa shape index (κ3) is 3.83. The molecule has 106 valence electrons. The maximum Gasteiger partial charge on any atom is 0.270 e. The topological polar surface area (TPSA) is 68.0 Å². The highest BCUT2D eigenvalue weighted by atomic mass is 35.5. The minimum absolute atomic E-state index is 0. The summed E-state index contributed by atoms with van der Waals surface area (Å²) < 4.78 is 0. The number of carbonyl (C=O) groups excluding carboxylic acids is 1. The molecule has 1 heterocycles. The van der Waals surface area contributed by atoms with E-state index in [0.29, 0.717) is 11.5 Å². The molecule has 0 aromatic carbocycles. The third-order valence-corrected chi connectivity index (χ3v) is 3.82. The summed E-state index contributed by atoms with van der Waals surface area (Å²) in [5.74, 6) is 0.257. The van der Waals surface area contributed by atoms with E-state index < -0.39 is 0 Å². The zero-order chi connectivity index (χ0) is 13.2. The summed E-state index contributed by atoms with van der Waals surface area (Å²) in [6, 6.07) is 5.36. The van der Waals surface area contributed by atoms with Gasteiger partial charge in [-0.1, -0.05) is 32.8 Å². The van der Waals surface area contributed by atoms with Crippen LogP contribution in [0.25, 0.3) is 0 Å². The van der Waals surface area contributed by atoms with Crippen LogP contribution in [0.1, 0.15) is 50.0 Å². The molecule has 1 aliphatic carbocycles. The molecule has 1 aromatic heterocycles. The van der Waals surface area contributed by atoms with Crippen LogP contribution in [0.4, 0.5) is 5.82 Å². The van der Waals surface area contributed by atoms with Crippen LogP contribution in [0.3, 0.4) is 0 Å². The van der Waals surface area contributed by atoms with Gasteiger partial charge in [-0.15, -0.1) is 12.4 Å². The normalized spacial score (nSPS) is 21.3. The summed E-state index contributed by atoms with van der Waals surface area (Å²) in [4.78, 5) is 16.2. The minimum atomic E-state index is -0.123. The number of nitrogens with two attached hydrogens (primary N) is 1. The van der Waals surface area contributed by atoms with Crippen LogP contribution in [0.2, 0.25) is 0 Å². The fourth-order valence-electron chi connectivity index (χ4n) is 2.57. The maximum atomic E-state index is 12.1. The third-order valence-electron chi connectivity index (χ3n) is 3.82. The molecule has 3 N–H and O–H groups in total. The van der Waals surface area contributed by atoms with Crippen LogP contribution in [-0.2, 0) is 0 Å². The average molecular weight is 284 g/mol. The van der Waals surface area contributed by atoms with E-state index in [1.54, 1.807) is 18.2 Å². The number of carbonyl (C=O) groups is 1. The van der Waals surface area contributed by atoms with Crippen LogP contribution >= 0.6 is 12.4 Å². The number of pyridine rings is 1. The summed E-state index contributed by atoms with van der Waals surface area (Å²) in [5, 5.41) is 3.10. The lowest BCUT2D eigenvalue weighted by molar-refractivity contribution is 0.0848. The van der Waals surface area contributed by atoms with Gasteiger partial charge in [0.1, 0.15) is 11.5 Å². The highest BCUT2D eigenvalue weighted by Crippen LogP contribution is 2.35.